The molecule has 1 heterocycles. The van der Waals surface area contributed by atoms with E-state index in [9.17, 15) is 4.79 Å². The smallest absolute Gasteiger partial charge is 0.342 e. The maximum Gasteiger partial charge on any atom is 0.342 e. The van der Waals surface area contributed by atoms with Gasteiger partial charge in [0.05, 0.1) is 12.9 Å². The molecule has 0 spiro atoms. The maximum atomic E-state index is 10.6. The summed E-state index contributed by atoms with van der Waals surface area (Å²) >= 11 is 0. The Balaban J connectivity index is 2.18. The molecule has 0 radical (unpaired) electrons. The molecule has 1 fully saturated rings. The first-order chi connectivity index (χ1) is 4.34. The Morgan fingerprint density at radius 3 is 3.00 bits per heavy atom. The predicted molar refractivity (Wildman–Crippen MR) is 30.6 cm³/mol. The molecule has 3 nitrogen and oxygen atoms in total. The lowest BCUT2D eigenvalue weighted by Gasteiger charge is -1.90. The van der Waals surface area contributed by atoms with E-state index in [1.54, 1.807) is 13.0 Å². The van der Waals surface area contributed by atoms with Crippen molar-refractivity contribution in [1.29, 1.82) is 0 Å². The van der Waals surface area contributed by atoms with Crippen LogP contribution in [-0.2, 0) is 14.3 Å². The second kappa shape index (κ2) is 2.64. The summed E-state index contributed by atoms with van der Waals surface area (Å²) in [4.78, 5) is 10.6. The van der Waals surface area contributed by atoms with Crippen molar-refractivity contribution >= 4 is 5.97 Å². The van der Waals surface area contributed by atoms with Crippen LogP contribution in [0.5, 0.6) is 0 Å². The molecule has 0 aromatic carbocycles. The van der Waals surface area contributed by atoms with Crippen LogP contribution in [0.25, 0.3) is 0 Å². The van der Waals surface area contributed by atoms with Crippen molar-refractivity contribution in [2.45, 2.75) is 13.0 Å². The number of esters is 1. The lowest BCUT2D eigenvalue weighted by Crippen LogP contribution is -2.06. The summed E-state index contributed by atoms with van der Waals surface area (Å²) in [5.41, 5.74) is 0. The molecular weight excluding hydrogens is 120 g/mol. The van der Waals surface area contributed by atoms with Gasteiger partial charge in [-0.2, -0.15) is 0 Å². The summed E-state index contributed by atoms with van der Waals surface area (Å²) in [6.45, 7) is 2.29. The molecule has 1 rings (SSSR count). The second-order valence-corrected chi connectivity index (χ2v) is 1.73. The van der Waals surface area contributed by atoms with E-state index in [4.69, 9.17) is 0 Å². The zero-order valence-electron chi connectivity index (χ0n) is 5.16. The van der Waals surface area contributed by atoms with Crippen molar-refractivity contribution in [2.24, 2.45) is 0 Å². The molecule has 1 saturated heterocycles. The lowest BCUT2D eigenvalue weighted by molar-refractivity contribution is -0.139. The van der Waals surface area contributed by atoms with Crippen molar-refractivity contribution in [3.8, 4) is 0 Å². The summed E-state index contributed by atoms with van der Waals surface area (Å²) in [7, 11) is 0. The third kappa shape index (κ3) is 1.85. The first-order valence-corrected chi connectivity index (χ1v) is 2.78. The number of hydrogen-bond donors (Lipinski definition) is 0. The van der Waals surface area contributed by atoms with Gasteiger partial charge in [-0.3, -0.25) is 0 Å². The van der Waals surface area contributed by atoms with Crippen LogP contribution in [0, 0.1) is 0 Å². The van der Waals surface area contributed by atoms with E-state index < -0.39 is 0 Å². The molecule has 0 saturated carbocycles. The fraction of sp³-hybridized carbons (Fsp3) is 0.500. The van der Waals surface area contributed by atoms with Crippen LogP contribution in [-0.4, -0.2) is 18.7 Å². The summed E-state index contributed by atoms with van der Waals surface area (Å²) in [6, 6.07) is 0. The topological polar surface area (TPSA) is 38.8 Å². The SMILES string of the molecule is C/C=C/OC(=O)C1CO1. The molecule has 0 N–H and O–H groups in total. The van der Waals surface area contributed by atoms with Crippen LogP contribution < -0.4 is 0 Å². The highest BCUT2D eigenvalue weighted by atomic mass is 16.6. The van der Waals surface area contributed by atoms with Crippen LogP contribution in [0.4, 0.5) is 0 Å². The highest BCUT2D eigenvalue weighted by Crippen LogP contribution is 2.10. The van der Waals surface area contributed by atoms with E-state index in [1.165, 1.54) is 6.26 Å². The van der Waals surface area contributed by atoms with E-state index in [2.05, 4.69) is 9.47 Å². The molecule has 0 aromatic heterocycles. The average molecular weight is 128 g/mol. The minimum absolute atomic E-state index is 0.291. The molecule has 9 heavy (non-hydrogen) atoms. The van der Waals surface area contributed by atoms with Gasteiger partial charge >= 0.3 is 5.97 Å². The van der Waals surface area contributed by atoms with E-state index in [0.29, 0.717) is 6.61 Å². The van der Waals surface area contributed by atoms with Crippen molar-refractivity contribution in [3.05, 3.63) is 12.3 Å². The highest BCUT2D eigenvalue weighted by Gasteiger charge is 2.32. The lowest BCUT2D eigenvalue weighted by atomic mass is 10.5. The van der Waals surface area contributed by atoms with E-state index in [1.807, 2.05) is 0 Å². The highest BCUT2D eigenvalue weighted by molar-refractivity contribution is 5.77. The van der Waals surface area contributed by atoms with E-state index in [0.717, 1.165) is 0 Å². The van der Waals surface area contributed by atoms with Gasteiger partial charge in [-0.15, -0.1) is 0 Å². The van der Waals surface area contributed by atoms with Gasteiger partial charge in [0.15, 0.2) is 6.10 Å². The van der Waals surface area contributed by atoms with Crippen molar-refractivity contribution in [3.63, 3.8) is 0 Å². The third-order valence-corrected chi connectivity index (χ3v) is 0.917. The minimum Gasteiger partial charge on any atom is -0.433 e. The second-order valence-electron chi connectivity index (χ2n) is 1.73. The molecule has 0 amide bonds. The summed E-state index contributed by atoms with van der Waals surface area (Å²) in [6.07, 6.45) is 2.71. The van der Waals surface area contributed by atoms with Crippen LogP contribution >= 0.6 is 0 Å². The Bertz CT molecular complexity index is 135. The Morgan fingerprint density at radius 2 is 2.56 bits per heavy atom. The first kappa shape index (κ1) is 6.29. The van der Waals surface area contributed by atoms with Gasteiger partial charge < -0.3 is 9.47 Å². The zero-order chi connectivity index (χ0) is 6.69. The first-order valence-electron chi connectivity index (χ1n) is 2.78. The van der Waals surface area contributed by atoms with Gasteiger partial charge in [0.25, 0.3) is 0 Å². The Morgan fingerprint density at radius 1 is 1.89 bits per heavy atom. The molecule has 1 aliphatic heterocycles. The van der Waals surface area contributed by atoms with Gasteiger partial charge in [0.2, 0.25) is 0 Å². The summed E-state index contributed by atoms with van der Waals surface area (Å²) in [5, 5.41) is 0. The number of carbonyl (C=O) groups excluding carboxylic acids is 1. The van der Waals surface area contributed by atoms with Gasteiger partial charge in [-0.25, -0.2) is 4.79 Å². The van der Waals surface area contributed by atoms with Crippen LogP contribution in [0.15, 0.2) is 12.3 Å². The van der Waals surface area contributed by atoms with Gasteiger partial charge in [-0.1, -0.05) is 6.08 Å². The summed E-state index contributed by atoms with van der Waals surface area (Å²) < 4.78 is 9.23. The molecule has 0 aromatic rings. The van der Waals surface area contributed by atoms with Crippen molar-refractivity contribution < 1.29 is 14.3 Å². The van der Waals surface area contributed by atoms with Crippen LogP contribution in [0.1, 0.15) is 6.92 Å². The van der Waals surface area contributed by atoms with E-state index >= 15 is 0 Å². The number of hydrogen-bond acceptors (Lipinski definition) is 3. The molecule has 1 aliphatic rings. The fourth-order valence-corrected chi connectivity index (χ4v) is 0.395. The zero-order valence-corrected chi connectivity index (χ0v) is 5.16. The Hall–Kier alpha value is -0.830. The minimum atomic E-state index is -0.298. The van der Waals surface area contributed by atoms with Crippen molar-refractivity contribution in [1.82, 2.24) is 0 Å². The number of epoxide rings is 1. The quantitative estimate of drug-likeness (QED) is 0.308. The largest absolute Gasteiger partial charge is 0.433 e. The Kier molecular flexibility index (Phi) is 1.85. The summed E-state index contributed by atoms with van der Waals surface area (Å²) in [5.74, 6) is -0.298. The maximum absolute atomic E-state index is 10.6. The standard InChI is InChI=1S/C6H8O3/c1-2-3-8-6(7)5-4-9-5/h2-3,5H,4H2,1H3/b3-2+. The van der Waals surface area contributed by atoms with Crippen molar-refractivity contribution in [2.75, 3.05) is 6.61 Å². The molecule has 3 heteroatoms. The predicted octanol–water partition coefficient (Wildman–Crippen LogP) is 0.462. The molecule has 0 bridgehead atoms. The molecule has 50 valence electrons. The fourth-order valence-electron chi connectivity index (χ4n) is 0.395. The Labute approximate surface area is 53.3 Å². The third-order valence-electron chi connectivity index (χ3n) is 0.917. The molecule has 1 unspecified atom stereocenters. The van der Waals surface area contributed by atoms with Crippen LogP contribution in [0.3, 0.4) is 0 Å². The van der Waals surface area contributed by atoms with Crippen LogP contribution in [0.2, 0.25) is 0 Å². The van der Waals surface area contributed by atoms with Gasteiger partial charge in [-0.05, 0) is 6.92 Å². The number of rotatable bonds is 2. The monoisotopic (exact) mass is 128 g/mol. The number of ether oxygens (including phenoxy) is 2. The van der Waals surface area contributed by atoms with Gasteiger partial charge in [0, 0.05) is 0 Å². The molecule has 1 atom stereocenters. The van der Waals surface area contributed by atoms with Gasteiger partial charge in [0.1, 0.15) is 0 Å². The molecule has 0 aliphatic carbocycles. The normalized spacial score (nSPS) is 24.3. The molecular formula is C6H8O3. The number of allylic oxidation sites excluding steroid dienone is 1. The van der Waals surface area contributed by atoms with E-state index in [-0.39, 0.29) is 12.1 Å². The average Bonchev–Trinajstić information content (AvgIpc) is 2.63. The number of carbonyl (C=O) groups is 1.